The van der Waals surface area contributed by atoms with Crippen LogP contribution in [0.4, 0.5) is 17.2 Å². The van der Waals surface area contributed by atoms with Gasteiger partial charge in [-0.3, -0.25) is 0 Å². The minimum Gasteiger partial charge on any atom is -0.435 e. The van der Waals surface area contributed by atoms with Gasteiger partial charge in [-0.2, -0.15) is 0 Å². The molecule has 0 saturated carbocycles. The highest BCUT2D eigenvalue weighted by atomic mass is 16.3. The van der Waals surface area contributed by atoms with Gasteiger partial charge < -0.3 is 14.2 Å². The van der Waals surface area contributed by atoms with Gasteiger partial charge in [0.15, 0.2) is 11.4 Å². The second-order valence-electron chi connectivity index (χ2n) is 5.91. The summed E-state index contributed by atoms with van der Waals surface area (Å²) in [6.45, 7) is -0.119. The Labute approximate surface area is 143 Å². The Morgan fingerprint density at radius 3 is 2.88 bits per heavy atom. The third-order valence-corrected chi connectivity index (χ3v) is 4.46. The quantitative estimate of drug-likeness (QED) is 0.525. The van der Waals surface area contributed by atoms with Crippen molar-refractivity contribution in [1.82, 2.24) is 9.97 Å². The lowest BCUT2D eigenvalue weighted by molar-refractivity contribution is 0.653. The first-order valence-corrected chi connectivity index (χ1v) is 7.72. The molecule has 3 aromatic heterocycles. The summed E-state index contributed by atoms with van der Waals surface area (Å²) in [6, 6.07) is 11.6. The molecule has 0 amide bonds. The van der Waals surface area contributed by atoms with E-state index in [4.69, 9.17) is 8.53 Å². The molecule has 1 aliphatic rings. The van der Waals surface area contributed by atoms with E-state index in [1.807, 2.05) is 48.2 Å². The Morgan fingerprint density at radius 2 is 1.96 bits per heavy atom. The van der Waals surface area contributed by atoms with E-state index in [-0.39, 0.29) is 6.67 Å². The van der Waals surface area contributed by atoms with Crippen LogP contribution < -0.4 is 9.80 Å². The van der Waals surface area contributed by atoms with Crippen LogP contribution in [0.2, 0.25) is 0 Å². The first-order chi connectivity index (χ1) is 12.9. The summed E-state index contributed by atoms with van der Waals surface area (Å²) in [5.74, 6) is 0.447. The van der Waals surface area contributed by atoms with Crippen LogP contribution in [0.15, 0.2) is 53.2 Å². The van der Waals surface area contributed by atoms with E-state index in [0.29, 0.717) is 17.1 Å². The largest absolute Gasteiger partial charge is 0.435 e. The predicted octanol–water partition coefficient (Wildman–Crippen LogP) is 4.23. The van der Waals surface area contributed by atoms with Gasteiger partial charge in [0.05, 0.1) is 18.0 Å². The number of anilines is 3. The Bertz CT molecular complexity index is 1180. The average molecular weight is 319 g/mol. The first-order valence-electron chi connectivity index (χ1n) is 9.22. The SMILES string of the molecule is [2H]C([2H])([2H])N1CN(c2c(C)ccc3c2oc2ncccc23)c2cccnc21. The van der Waals surface area contributed by atoms with Gasteiger partial charge in [0, 0.05) is 34.3 Å². The monoisotopic (exact) mass is 319 g/mol. The van der Waals surface area contributed by atoms with Crippen molar-refractivity contribution in [3.05, 3.63) is 54.4 Å². The van der Waals surface area contributed by atoms with Gasteiger partial charge in [-0.15, -0.1) is 0 Å². The van der Waals surface area contributed by atoms with E-state index in [1.165, 1.54) is 4.90 Å². The molecular formula is C19H16N4O. The third kappa shape index (κ3) is 1.69. The van der Waals surface area contributed by atoms with Crippen molar-refractivity contribution in [2.75, 3.05) is 23.4 Å². The van der Waals surface area contributed by atoms with E-state index < -0.39 is 6.98 Å². The molecule has 4 aromatic rings. The highest BCUT2D eigenvalue weighted by molar-refractivity contribution is 6.09. The number of hydrogen-bond acceptors (Lipinski definition) is 5. The topological polar surface area (TPSA) is 45.4 Å². The Kier molecular flexibility index (Phi) is 2.09. The molecule has 0 aliphatic carbocycles. The van der Waals surface area contributed by atoms with Crippen LogP contribution in [0.3, 0.4) is 0 Å². The minimum absolute atomic E-state index is 0.174. The van der Waals surface area contributed by atoms with E-state index in [2.05, 4.69) is 9.97 Å². The van der Waals surface area contributed by atoms with E-state index in [9.17, 15) is 0 Å². The van der Waals surface area contributed by atoms with Crippen LogP contribution in [-0.2, 0) is 0 Å². The summed E-state index contributed by atoms with van der Waals surface area (Å²) in [5, 5.41) is 1.89. The van der Waals surface area contributed by atoms with Crippen LogP contribution in [0.5, 0.6) is 0 Å². The van der Waals surface area contributed by atoms with Gasteiger partial charge in [-0.1, -0.05) is 12.1 Å². The lowest BCUT2D eigenvalue weighted by Crippen LogP contribution is -2.24. The summed E-state index contributed by atoms with van der Waals surface area (Å²) >= 11 is 0. The van der Waals surface area contributed by atoms with E-state index >= 15 is 0 Å². The summed E-state index contributed by atoms with van der Waals surface area (Å²) < 4.78 is 29.7. The molecule has 0 spiro atoms. The van der Waals surface area contributed by atoms with Gasteiger partial charge in [0.25, 0.3) is 0 Å². The smallest absolute Gasteiger partial charge is 0.227 e. The minimum atomic E-state index is -2.28. The van der Waals surface area contributed by atoms with Crippen molar-refractivity contribution in [3.8, 4) is 0 Å². The van der Waals surface area contributed by atoms with Crippen molar-refractivity contribution in [1.29, 1.82) is 0 Å². The molecule has 0 atom stereocenters. The van der Waals surface area contributed by atoms with Gasteiger partial charge >= 0.3 is 0 Å². The van der Waals surface area contributed by atoms with Gasteiger partial charge in [0.2, 0.25) is 5.71 Å². The zero-order valence-corrected chi connectivity index (χ0v) is 13.0. The summed E-state index contributed by atoms with van der Waals surface area (Å²) in [6.07, 6.45) is 3.31. The summed E-state index contributed by atoms with van der Waals surface area (Å²) in [7, 11) is 0. The Morgan fingerprint density at radius 1 is 1.08 bits per heavy atom. The Hall–Kier alpha value is -3.08. The molecule has 5 rings (SSSR count). The number of rotatable bonds is 1. The molecule has 5 heteroatoms. The molecule has 0 bridgehead atoms. The van der Waals surface area contributed by atoms with Gasteiger partial charge in [0.1, 0.15) is 0 Å². The van der Waals surface area contributed by atoms with Crippen LogP contribution in [0, 0.1) is 6.92 Å². The average Bonchev–Trinajstić information content (AvgIpc) is 3.20. The van der Waals surface area contributed by atoms with Crippen LogP contribution >= 0.6 is 0 Å². The molecule has 0 radical (unpaired) electrons. The molecule has 5 nitrogen and oxygen atoms in total. The molecule has 4 heterocycles. The lowest BCUT2D eigenvalue weighted by atomic mass is 10.1. The summed E-state index contributed by atoms with van der Waals surface area (Å²) in [5.41, 5.74) is 3.84. The van der Waals surface area contributed by atoms with Crippen LogP contribution in [-0.4, -0.2) is 23.6 Å². The maximum absolute atomic E-state index is 7.88. The fourth-order valence-corrected chi connectivity index (χ4v) is 3.38. The fourth-order valence-electron chi connectivity index (χ4n) is 3.38. The summed E-state index contributed by atoms with van der Waals surface area (Å²) in [4.78, 5) is 11.9. The number of benzene rings is 1. The van der Waals surface area contributed by atoms with Gasteiger partial charge in [-0.25, -0.2) is 9.97 Å². The zero-order chi connectivity index (χ0) is 18.8. The van der Waals surface area contributed by atoms with Crippen molar-refractivity contribution in [2.24, 2.45) is 0 Å². The molecule has 0 unspecified atom stereocenters. The standard InChI is InChI=1S/C19H16N4O/c1-12-7-8-13-14-5-3-10-21-19(14)24-17(13)16(12)23-11-22(2)18-15(23)6-4-9-20-18/h3-10H,11H2,1-2H3/i2D3. The van der Waals surface area contributed by atoms with Gasteiger partial charge in [-0.05, 0) is 36.8 Å². The molecular weight excluding hydrogens is 300 g/mol. The third-order valence-electron chi connectivity index (χ3n) is 4.46. The van der Waals surface area contributed by atoms with Crippen molar-refractivity contribution in [2.45, 2.75) is 6.92 Å². The number of fused-ring (bicyclic) bond motifs is 4. The molecule has 0 saturated heterocycles. The fraction of sp³-hybridized carbons (Fsp3) is 0.158. The predicted molar refractivity (Wildman–Crippen MR) is 95.9 cm³/mol. The molecule has 1 aromatic carbocycles. The molecule has 1 aliphatic heterocycles. The lowest BCUT2D eigenvalue weighted by Gasteiger charge is -2.21. The van der Waals surface area contributed by atoms with Crippen molar-refractivity contribution < 1.29 is 8.53 Å². The number of pyridine rings is 2. The van der Waals surface area contributed by atoms with Crippen molar-refractivity contribution in [3.63, 3.8) is 0 Å². The number of hydrogen-bond donors (Lipinski definition) is 0. The normalized spacial score (nSPS) is 16.3. The second kappa shape index (κ2) is 4.71. The van der Waals surface area contributed by atoms with E-state index in [0.717, 1.165) is 27.7 Å². The Balaban J connectivity index is 1.78. The zero-order valence-electron chi connectivity index (χ0n) is 16.0. The molecule has 0 fully saturated rings. The first kappa shape index (κ1) is 10.6. The second-order valence-corrected chi connectivity index (χ2v) is 5.91. The highest BCUT2D eigenvalue weighted by Gasteiger charge is 2.29. The maximum Gasteiger partial charge on any atom is 0.227 e. The number of nitrogens with zero attached hydrogens (tertiary/aromatic N) is 4. The van der Waals surface area contributed by atoms with Crippen LogP contribution in [0.1, 0.15) is 9.68 Å². The molecule has 0 N–H and O–H groups in total. The molecule has 118 valence electrons. The van der Waals surface area contributed by atoms with E-state index in [1.54, 1.807) is 12.4 Å². The van der Waals surface area contributed by atoms with Crippen molar-refractivity contribution >= 4 is 39.3 Å². The number of aromatic nitrogens is 2. The highest BCUT2D eigenvalue weighted by Crippen LogP contribution is 2.44. The molecule has 24 heavy (non-hydrogen) atoms. The van der Waals surface area contributed by atoms with Crippen LogP contribution in [0.25, 0.3) is 22.1 Å². The number of furan rings is 1. The number of aryl methyl sites for hydroxylation is 1. The maximum atomic E-state index is 7.88.